The fourth-order valence-corrected chi connectivity index (χ4v) is 3.74. The first kappa shape index (κ1) is 16.5. The molecule has 1 aliphatic rings. The molecule has 1 fully saturated rings. The Hall–Kier alpha value is -0.860. The van der Waals surface area contributed by atoms with Crippen LogP contribution >= 0.6 is 0 Å². The van der Waals surface area contributed by atoms with Gasteiger partial charge in [0.1, 0.15) is 0 Å². The van der Waals surface area contributed by atoms with Crippen molar-refractivity contribution in [1.82, 2.24) is 5.43 Å². The van der Waals surface area contributed by atoms with E-state index in [2.05, 4.69) is 50.5 Å². The first-order valence-electron chi connectivity index (χ1n) is 8.68. The lowest BCUT2D eigenvalue weighted by Gasteiger charge is -2.35. The molecule has 0 amide bonds. The van der Waals surface area contributed by atoms with Crippen LogP contribution < -0.4 is 11.3 Å². The van der Waals surface area contributed by atoms with E-state index in [9.17, 15) is 0 Å². The highest BCUT2D eigenvalue weighted by molar-refractivity contribution is 5.23. The van der Waals surface area contributed by atoms with Gasteiger partial charge in [-0.05, 0) is 67.4 Å². The number of hydrogen-bond donors (Lipinski definition) is 2. The van der Waals surface area contributed by atoms with E-state index in [0.717, 1.165) is 30.6 Å². The maximum atomic E-state index is 5.85. The lowest BCUT2D eigenvalue weighted by molar-refractivity contribution is 0.188. The molecule has 2 nitrogen and oxygen atoms in total. The molecule has 1 unspecified atom stereocenters. The molecule has 2 rings (SSSR count). The molecule has 0 radical (unpaired) electrons. The Labute approximate surface area is 130 Å². The zero-order chi connectivity index (χ0) is 15.2. The summed E-state index contributed by atoms with van der Waals surface area (Å²) in [5.41, 5.74) is 5.91. The van der Waals surface area contributed by atoms with E-state index in [0.29, 0.717) is 6.04 Å². The summed E-state index contributed by atoms with van der Waals surface area (Å²) >= 11 is 0. The number of nitrogens with one attached hydrogen (secondary N) is 1. The SMILES string of the molecule is CCc1ccc(CC(NN)C2CCC(C(C)C)CC2)cc1. The predicted molar refractivity (Wildman–Crippen MR) is 90.9 cm³/mol. The van der Waals surface area contributed by atoms with Crippen molar-refractivity contribution in [3.8, 4) is 0 Å². The lowest BCUT2D eigenvalue weighted by atomic mass is 9.74. The Balaban J connectivity index is 1.90. The highest BCUT2D eigenvalue weighted by Crippen LogP contribution is 2.35. The van der Waals surface area contributed by atoms with Crippen molar-refractivity contribution in [2.24, 2.45) is 23.6 Å². The van der Waals surface area contributed by atoms with Gasteiger partial charge in [-0.25, -0.2) is 0 Å². The number of benzene rings is 1. The largest absolute Gasteiger partial charge is 0.271 e. The van der Waals surface area contributed by atoms with Gasteiger partial charge in [0.2, 0.25) is 0 Å². The molecule has 1 aliphatic carbocycles. The van der Waals surface area contributed by atoms with Crippen LogP contribution in [0.25, 0.3) is 0 Å². The second-order valence-corrected chi connectivity index (χ2v) is 7.07. The Morgan fingerprint density at radius 3 is 2.00 bits per heavy atom. The zero-order valence-corrected chi connectivity index (χ0v) is 13.9. The van der Waals surface area contributed by atoms with Gasteiger partial charge < -0.3 is 0 Å². The molecule has 0 heterocycles. The number of hydrogen-bond acceptors (Lipinski definition) is 2. The third-order valence-corrected chi connectivity index (χ3v) is 5.43. The van der Waals surface area contributed by atoms with Crippen molar-refractivity contribution in [2.75, 3.05) is 0 Å². The Kier molecular flexibility index (Phi) is 6.25. The fourth-order valence-electron chi connectivity index (χ4n) is 3.74. The van der Waals surface area contributed by atoms with E-state index in [4.69, 9.17) is 5.84 Å². The summed E-state index contributed by atoms with van der Waals surface area (Å²) in [5, 5.41) is 0. The Morgan fingerprint density at radius 1 is 1.00 bits per heavy atom. The summed E-state index contributed by atoms with van der Waals surface area (Å²) in [6.45, 7) is 6.92. The minimum absolute atomic E-state index is 0.422. The van der Waals surface area contributed by atoms with Gasteiger partial charge in [-0.1, -0.05) is 45.0 Å². The monoisotopic (exact) mass is 288 g/mol. The van der Waals surface area contributed by atoms with E-state index in [1.165, 1.54) is 36.8 Å². The molecule has 1 saturated carbocycles. The summed E-state index contributed by atoms with van der Waals surface area (Å²) in [6, 6.07) is 9.45. The van der Waals surface area contributed by atoms with Crippen LogP contribution in [0.2, 0.25) is 0 Å². The molecular formula is C19H32N2. The van der Waals surface area contributed by atoms with Crippen LogP contribution in [-0.2, 0) is 12.8 Å². The zero-order valence-electron chi connectivity index (χ0n) is 13.9. The summed E-state index contributed by atoms with van der Waals surface area (Å²) < 4.78 is 0. The van der Waals surface area contributed by atoms with Crippen LogP contribution in [0.3, 0.4) is 0 Å². The van der Waals surface area contributed by atoms with Crippen molar-refractivity contribution in [1.29, 1.82) is 0 Å². The molecule has 1 atom stereocenters. The van der Waals surface area contributed by atoms with E-state index < -0.39 is 0 Å². The van der Waals surface area contributed by atoms with Crippen LogP contribution in [0.4, 0.5) is 0 Å². The molecule has 3 N–H and O–H groups in total. The van der Waals surface area contributed by atoms with Crippen molar-refractivity contribution >= 4 is 0 Å². The maximum absolute atomic E-state index is 5.85. The number of hydrazine groups is 1. The normalized spacial score (nSPS) is 24.2. The van der Waals surface area contributed by atoms with Crippen LogP contribution in [0.15, 0.2) is 24.3 Å². The molecular weight excluding hydrogens is 256 g/mol. The summed E-state index contributed by atoms with van der Waals surface area (Å²) in [6.07, 6.45) is 7.55. The Morgan fingerprint density at radius 2 is 1.52 bits per heavy atom. The molecule has 0 spiro atoms. The lowest BCUT2D eigenvalue weighted by Crippen LogP contribution is -2.44. The first-order chi connectivity index (χ1) is 10.1. The summed E-state index contributed by atoms with van der Waals surface area (Å²) in [5.74, 6) is 8.33. The highest BCUT2D eigenvalue weighted by atomic mass is 15.2. The number of nitrogens with two attached hydrogens (primary N) is 1. The standard InChI is InChI=1S/C19H32N2/c1-4-15-5-7-16(8-6-15)13-19(21-20)18-11-9-17(10-12-18)14(2)3/h5-8,14,17-19,21H,4,9-13,20H2,1-3H3. The van der Waals surface area contributed by atoms with Crippen molar-refractivity contribution < 1.29 is 0 Å². The van der Waals surface area contributed by atoms with Crippen LogP contribution in [0.5, 0.6) is 0 Å². The van der Waals surface area contributed by atoms with E-state index in [1.807, 2.05) is 0 Å². The van der Waals surface area contributed by atoms with Crippen LogP contribution in [-0.4, -0.2) is 6.04 Å². The molecule has 0 aliphatic heterocycles. The van der Waals surface area contributed by atoms with Gasteiger partial charge in [0.25, 0.3) is 0 Å². The first-order valence-corrected chi connectivity index (χ1v) is 8.68. The topological polar surface area (TPSA) is 38.0 Å². The van der Waals surface area contributed by atoms with E-state index >= 15 is 0 Å². The summed E-state index contributed by atoms with van der Waals surface area (Å²) in [4.78, 5) is 0. The molecule has 1 aromatic rings. The van der Waals surface area contributed by atoms with Crippen LogP contribution in [0.1, 0.15) is 57.6 Å². The van der Waals surface area contributed by atoms with Crippen molar-refractivity contribution in [2.45, 2.75) is 65.3 Å². The van der Waals surface area contributed by atoms with Gasteiger partial charge in [0, 0.05) is 6.04 Å². The molecule has 1 aromatic carbocycles. The smallest absolute Gasteiger partial charge is 0.0279 e. The maximum Gasteiger partial charge on any atom is 0.0279 e. The van der Waals surface area contributed by atoms with E-state index in [1.54, 1.807) is 0 Å². The van der Waals surface area contributed by atoms with Gasteiger partial charge in [0.05, 0.1) is 0 Å². The Bertz CT molecular complexity index is 402. The average Bonchev–Trinajstić information content (AvgIpc) is 2.53. The van der Waals surface area contributed by atoms with Crippen LogP contribution in [0, 0.1) is 17.8 Å². The predicted octanol–water partition coefficient (Wildman–Crippen LogP) is 4.09. The highest BCUT2D eigenvalue weighted by Gasteiger charge is 2.28. The number of aryl methyl sites for hydroxylation is 1. The van der Waals surface area contributed by atoms with Gasteiger partial charge >= 0.3 is 0 Å². The average molecular weight is 288 g/mol. The molecule has 0 bridgehead atoms. The van der Waals surface area contributed by atoms with E-state index in [-0.39, 0.29) is 0 Å². The van der Waals surface area contributed by atoms with Gasteiger partial charge in [-0.15, -0.1) is 0 Å². The molecule has 2 heteroatoms. The summed E-state index contributed by atoms with van der Waals surface area (Å²) in [7, 11) is 0. The second-order valence-electron chi connectivity index (χ2n) is 7.07. The third kappa shape index (κ3) is 4.55. The second kappa shape index (κ2) is 7.95. The van der Waals surface area contributed by atoms with Gasteiger partial charge in [-0.2, -0.15) is 0 Å². The quantitative estimate of drug-likeness (QED) is 0.611. The van der Waals surface area contributed by atoms with Gasteiger partial charge in [0.15, 0.2) is 0 Å². The van der Waals surface area contributed by atoms with Gasteiger partial charge in [-0.3, -0.25) is 11.3 Å². The fraction of sp³-hybridized carbons (Fsp3) is 0.684. The molecule has 118 valence electrons. The minimum Gasteiger partial charge on any atom is -0.271 e. The molecule has 21 heavy (non-hydrogen) atoms. The van der Waals surface area contributed by atoms with Crippen molar-refractivity contribution in [3.05, 3.63) is 35.4 Å². The molecule has 0 saturated heterocycles. The molecule has 0 aromatic heterocycles. The van der Waals surface area contributed by atoms with Crippen molar-refractivity contribution in [3.63, 3.8) is 0 Å². The third-order valence-electron chi connectivity index (χ3n) is 5.43. The minimum atomic E-state index is 0.422. The number of rotatable bonds is 6.